The summed E-state index contributed by atoms with van der Waals surface area (Å²) >= 11 is 0. The molecular formula is C9H12O7. The topological polar surface area (TPSA) is 99.1 Å². The molecular weight excluding hydrogens is 220 g/mol. The zero-order chi connectivity index (χ0) is 12.6. The van der Waals surface area contributed by atoms with Crippen LogP contribution in [0.15, 0.2) is 12.2 Å². The van der Waals surface area contributed by atoms with E-state index in [1.54, 1.807) is 6.92 Å². The van der Waals surface area contributed by atoms with Crippen LogP contribution in [0.5, 0.6) is 0 Å². The standard InChI is InChI=1S/C9H12O7/c1-3-14-9(13)16-6(2)15-8(12)5-4-7(10)11/h4-6H,3H2,1-2H3,(H,10,11)/b5-4+. The summed E-state index contributed by atoms with van der Waals surface area (Å²) in [5.41, 5.74) is 0. The van der Waals surface area contributed by atoms with Gasteiger partial charge >= 0.3 is 18.1 Å². The van der Waals surface area contributed by atoms with Crippen LogP contribution in [0.25, 0.3) is 0 Å². The first-order chi connectivity index (χ1) is 7.45. The maximum absolute atomic E-state index is 10.9. The minimum atomic E-state index is -1.28. The summed E-state index contributed by atoms with van der Waals surface area (Å²) < 4.78 is 13.4. The van der Waals surface area contributed by atoms with Crippen molar-refractivity contribution in [3.8, 4) is 0 Å². The maximum Gasteiger partial charge on any atom is 0.511 e. The average Bonchev–Trinajstić information content (AvgIpc) is 2.14. The number of carbonyl (C=O) groups excluding carboxylic acids is 2. The summed E-state index contributed by atoms with van der Waals surface area (Å²) in [4.78, 5) is 31.7. The van der Waals surface area contributed by atoms with Gasteiger partial charge in [-0.15, -0.1) is 0 Å². The lowest BCUT2D eigenvalue weighted by Crippen LogP contribution is -2.21. The highest BCUT2D eigenvalue weighted by atomic mass is 16.8. The van der Waals surface area contributed by atoms with E-state index in [1.807, 2.05) is 0 Å². The summed E-state index contributed by atoms with van der Waals surface area (Å²) in [7, 11) is 0. The molecule has 0 saturated heterocycles. The number of hydrogen-bond acceptors (Lipinski definition) is 6. The third kappa shape index (κ3) is 7.36. The summed E-state index contributed by atoms with van der Waals surface area (Å²) in [5.74, 6) is -2.21. The molecule has 0 bridgehead atoms. The van der Waals surface area contributed by atoms with Gasteiger partial charge in [-0.2, -0.15) is 0 Å². The van der Waals surface area contributed by atoms with Gasteiger partial charge in [0.2, 0.25) is 6.29 Å². The second-order valence-corrected chi connectivity index (χ2v) is 2.48. The van der Waals surface area contributed by atoms with E-state index >= 15 is 0 Å². The van der Waals surface area contributed by atoms with Crippen LogP contribution in [0.4, 0.5) is 4.79 Å². The molecule has 0 spiro atoms. The molecule has 0 rings (SSSR count). The Hall–Kier alpha value is -2.05. The fourth-order valence-corrected chi connectivity index (χ4v) is 0.654. The molecule has 0 aromatic rings. The predicted molar refractivity (Wildman–Crippen MR) is 50.4 cm³/mol. The molecule has 0 amide bonds. The van der Waals surface area contributed by atoms with E-state index in [1.165, 1.54) is 6.92 Å². The van der Waals surface area contributed by atoms with E-state index in [2.05, 4.69) is 14.2 Å². The summed E-state index contributed by atoms with van der Waals surface area (Å²) in [5, 5.41) is 8.21. The van der Waals surface area contributed by atoms with Gasteiger partial charge in [-0.3, -0.25) is 0 Å². The van der Waals surface area contributed by atoms with Gasteiger partial charge in [0, 0.05) is 19.1 Å². The quantitative estimate of drug-likeness (QED) is 0.423. The number of carbonyl (C=O) groups is 3. The van der Waals surface area contributed by atoms with Gasteiger partial charge in [0.1, 0.15) is 0 Å². The van der Waals surface area contributed by atoms with Crippen molar-refractivity contribution in [2.24, 2.45) is 0 Å². The number of esters is 1. The van der Waals surface area contributed by atoms with Crippen LogP contribution >= 0.6 is 0 Å². The van der Waals surface area contributed by atoms with Crippen molar-refractivity contribution in [1.82, 2.24) is 0 Å². The van der Waals surface area contributed by atoms with Gasteiger partial charge in [-0.1, -0.05) is 0 Å². The molecule has 16 heavy (non-hydrogen) atoms. The lowest BCUT2D eigenvalue weighted by atomic mass is 10.5. The minimum absolute atomic E-state index is 0.137. The average molecular weight is 232 g/mol. The monoisotopic (exact) mass is 232 g/mol. The molecule has 0 saturated carbocycles. The van der Waals surface area contributed by atoms with Crippen LogP contribution < -0.4 is 0 Å². The van der Waals surface area contributed by atoms with E-state index in [-0.39, 0.29) is 6.61 Å². The lowest BCUT2D eigenvalue weighted by Gasteiger charge is -2.11. The van der Waals surface area contributed by atoms with Crippen molar-refractivity contribution < 1.29 is 33.7 Å². The normalized spacial score (nSPS) is 11.9. The Kier molecular flexibility index (Phi) is 6.34. The zero-order valence-corrected chi connectivity index (χ0v) is 8.84. The van der Waals surface area contributed by atoms with Crippen LogP contribution in [0.2, 0.25) is 0 Å². The molecule has 7 heteroatoms. The van der Waals surface area contributed by atoms with Crippen LogP contribution in [-0.4, -0.2) is 36.1 Å². The molecule has 0 aliphatic heterocycles. The fraction of sp³-hybridized carbons (Fsp3) is 0.444. The largest absolute Gasteiger partial charge is 0.511 e. The second-order valence-electron chi connectivity index (χ2n) is 2.48. The van der Waals surface area contributed by atoms with Gasteiger partial charge in [0.05, 0.1) is 6.61 Å². The van der Waals surface area contributed by atoms with E-state index in [9.17, 15) is 14.4 Å². The number of carboxylic acids is 1. The van der Waals surface area contributed by atoms with Crippen molar-refractivity contribution in [3.63, 3.8) is 0 Å². The molecule has 0 aromatic carbocycles. The molecule has 0 heterocycles. The maximum atomic E-state index is 10.9. The van der Waals surface area contributed by atoms with E-state index < -0.39 is 24.4 Å². The van der Waals surface area contributed by atoms with Crippen molar-refractivity contribution >= 4 is 18.1 Å². The van der Waals surface area contributed by atoms with Crippen molar-refractivity contribution in [2.45, 2.75) is 20.1 Å². The van der Waals surface area contributed by atoms with Crippen molar-refractivity contribution in [3.05, 3.63) is 12.2 Å². The van der Waals surface area contributed by atoms with Gasteiger partial charge < -0.3 is 19.3 Å². The van der Waals surface area contributed by atoms with Crippen LogP contribution in [0.3, 0.4) is 0 Å². The number of hydrogen-bond donors (Lipinski definition) is 1. The predicted octanol–water partition coefficient (Wildman–Crippen LogP) is 0.690. The first-order valence-electron chi connectivity index (χ1n) is 4.40. The number of aliphatic carboxylic acids is 1. The summed E-state index contributed by atoms with van der Waals surface area (Å²) in [6.07, 6.45) is -0.803. The SMILES string of the molecule is CCOC(=O)OC(C)OC(=O)/C=C/C(=O)O. The number of carboxylic acid groups (broad SMARTS) is 1. The van der Waals surface area contributed by atoms with Gasteiger partial charge in [0.15, 0.2) is 0 Å². The molecule has 1 atom stereocenters. The van der Waals surface area contributed by atoms with Gasteiger partial charge in [0.25, 0.3) is 0 Å². The first-order valence-corrected chi connectivity index (χ1v) is 4.40. The zero-order valence-electron chi connectivity index (χ0n) is 8.84. The second kappa shape index (κ2) is 7.27. The van der Waals surface area contributed by atoms with Gasteiger partial charge in [-0.25, -0.2) is 14.4 Å². The molecule has 7 nitrogen and oxygen atoms in total. The Morgan fingerprint density at radius 3 is 2.38 bits per heavy atom. The van der Waals surface area contributed by atoms with Crippen LogP contribution in [0, 0.1) is 0 Å². The Balaban J connectivity index is 3.95. The molecule has 1 N–H and O–H groups in total. The highest BCUT2D eigenvalue weighted by Gasteiger charge is 2.13. The number of ether oxygens (including phenoxy) is 3. The summed E-state index contributed by atoms with van der Waals surface area (Å²) in [6.45, 7) is 3.02. The van der Waals surface area contributed by atoms with Crippen molar-refractivity contribution in [2.75, 3.05) is 6.61 Å². The first kappa shape index (κ1) is 13.9. The van der Waals surface area contributed by atoms with E-state index in [0.29, 0.717) is 12.2 Å². The third-order valence-corrected chi connectivity index (χ3v) is 1.17. The highest BCUT2D eigenvalue weighted by molar-refractivity contribution is 5.90. The highest BCUT2D eigenvalue weighted by Crippen LogP contribution is 1.98. The van der Waals surface area contributed by atoms with E-state index in [0.717, 1.165) is 0 Å². The number of rotatable bonds is 5. The van der Waals surface area contributed by atoms with Gasteiger partial charge in [-0.05, 0) is 6.92 Å². The Morgan fingerprint density at radius 2 is 1.88 bits per heavy atom. The minimum Gasteiger partial charge on any atom is -0.478 e. The molecule has 0 aliphatic rings. The van der Waals surface area contributed by atoms with Crippen LogP contribution in [-0.2, 0) is 23.8 Å². The Bertz CT molecular complexity index is 294. The Labute approximate surface area is 91.6 Å². The van der Waals surface area contributed by atoms with Crippen LogP contribution in [0.1, 0.15) is 13.8 Å². The smallest absolute Gasteiger partial charge is 0.478 e. The molecule has 0 radical (unpaired) electrons. The molecule has 0 fully saturated rings. The molecule has 1 unspecified atom stereocenters. The van der Waals surface area contributed by atoms with E-state index in [4.69, 9.17) is 5.11 Å². The third-order valence-electron chi connectivity index (χ3n) is 1.17. The van der Waals surface area contributed by atoms with Crippen molar-refractivity contribution in [1.29, 1.82) is 0 Å². The Morgan fingerprint density at radius 1 is 1.25 bits per heavy atom. The summed E-state index contributed by atoms with van der Waals surface area (Å²) in [6, 6.07) is 0. The fourth-order valence-electron chi connectivity index (χ4n) is 0.654. The molecule has 90 valence electrons. The lowest BCUT2D eigenvalue weighted by molar-refractivity contribution is -0.162. The molecule has 0 aromatic heterocycles. The molecule has 0 aliphatic carbocycles.